The number of hydrogen-bond acceptors (Lipinski definition) is 4. The molecule has 0 aromatic heterocycles. The first kappa shape index (κ1) is 13.3. The predicted octanol–water partition coefficient (Wildman–Crippen LogP) is 0.644. The monoisotopic (exact) mass is 270 g/mol. The molecule has 1 aromatic rings. The van der Waals surface area contributed by atoms with Crippen LogP contribution in [0.2, 0.25) is 0 Å². The van der Waals surface area contributed by atoms with Crippen molar-refractivity contribution in [3.8, 4) is 5.75 Å². The Morgan fingerprint density at radius 3 is 2.67 bits per heavy atom. The summed E-state index contributed by atoms with van der Waals surface area (Å²) >= 11 is 0. The number of sulfonamides is 1. The number of rotatable bonds is 5. The van der Waals surface area contributed by atoms with E-state index < -0.39 is 10.0 Å². The SMILES string of the molecule is CCOc1ccc(S(=O)(=O)NC2CNC2)cc1C. The van der Waals surface area contributed by atoms with Gasteiger partial charge in [-0.25, -0.2) is 13.1 Å². The molecule has 2 rings (SSSR count). The van der Waals surface area contributed by atoms with Crippen LogP contribution in [0.1, 0.15) is 12.5 Å². The molecular formula is C12H18N2O3S. The highest BCUT2D eigenvalue weighted by molar-refractivity contribution is 7.89. The van der Waals surface area contributed by atoms with Crippen LogP contribution in [0.4, 0.5) is 0 Å². The van der Waals surface area contributed by atoms with E-state index in [-0.39, 0.29) is 10.9 Å². The lowest BCUT2D eigenvalue weighted by atomic mass is 10.2. The Balaban J connectivity index is 2.19. The smallest absolute Gasteiger partial charge is 0.240 e. The van der Waals surface area contributed by atoms with Crippen LogP contribution in [-0.4, -0.2) is 34.2 Å². The summed E-state index contributed by atoms with van der Waals surface area (Å²) in [4.78, 5) is 0.287. The van der Waals surface area contributed by atoms with E-state index >= 15 is 0 Å². The highest BCUT2D eigenvalue weighted by Gasteiger charge is 2.24. The molecule has 1 saturated heterocycles. The average molecular weight is 270 g/mol. The fraction of sp³-hybridized carbons (Fsp3) is 0.500. The van der Waals surface area contributed by atoms with E-state index in [1.54, 1.807) is 18.2 Å². The van der Waals surface area contributed by atoms with E-state index in [4.69, 9.17) is 4.74 Å². The van der Waals surface area contributed by atoms with Crippen molar-refractivity contribution in [3.05, 3.63) is 23.8 Å². The summed E-state index contributed by atoms with van der Waals surface area (Å²) in [5, 5.41) is 3.03. The first-order valence-corrected chi connectivity index (χ1v) is 7.47. The van der Waals surface area contributed by atoms with Crippen molar-refractivity contribution in [2.24, 2.45) is 0 Å². The molecule has 18 heavy (non-hydrogen) atoms. The number of nitrogens with one attached hydrogen (secondary N) is 2. The zero-order valence-corrected chi connectivity index (χ0v) is 11.4. The molecule has 6 heteroatoms. The number of hydrogen-bond donors (Lipinski definition) is 2. The third-order valence-electron chi connectivity index (χ3n) is 2.86. The highest BCUT2D eigenvalue weighted by Crippen LogP contribution is 2.22. The molecule has 2 N–H and O–H groups in total. The maximum Gasteiger partial charge on any atom is 0.240 e. The van der Waals surface area contributed by atoms with Gasteiger partial charge in [-0.05, 0) is 37.6 Å². The van der Waals surface area contributed by atoms with Crippen LogP contribution in [0.3, 0.4) is 0 Å². The van der Waals surface area contributed by atoms with E-state index in [9.17, 15) is 8.42 Å². The standard InChI is InChI=1S/C12H18N2O3S/c1-3-17-12-5-4-11(6-9(12)2)18(15,16)14-10-7-13-8-10/h4-6,10,13-14H,3,7-8H2,1-2H3. The largest absolute Gasteiger partial charge is 0.494 e. The molecular weight excluding hydrogens is 252 g/mol. The van der Waals surface area contributed by atoms with Gasteiger partial charge in [0.2, 0.25) is 10.0 Å². The van der Waals surface area contributed by atoms with Gasteiger partial charge < -0.3 is 10.1 Å². The Bertz CT molecular complexity index is 524. The fourth-order valence-corrected chi connectivity index (χ4v) is 3.09. The summed E-state index contributed by atoms with van der Waals surface area (Å²) < 4.78 is 32.2. The summed E-state index contributed by atoms with van der Waals surface area (Å²) in [5.41, 5.74) is 0.825. The number of ether oxygens (including phenoxy) is 1. The van der Waals surface area contributed by atoms with Gasteiger partial charge in [0.15, 0.2) is 0 Å². The van der Waals surface area contributed by atoms with Crippen molar-refractivity contribution in [3.63, 3.8) is 0 Å². The Hall–Kier alpha value is -1.11. The molecule has 5 nitrogen and oxygen atoms in total. The van der Waals surface area contributed by atoms with Crippen LogP contribution >= 0.6 is 0 Å². The second kappa shape index (κ2) is 5.26. The topological polar surface area (TPSA) is 67.4 Å². The molecule has 0 amide bonds. The molecule has 1 fully saturated rings. The molecule has 0 radical (unpaired) electrons. The van der Waals surface area contributed by atoms with Crippen LogP contribution in [0.5, 0.6) is 5.75 Å². The predicted molar refractivity (Wildman–Crippen MR) is 69.3 cm³/mol. The van der Waals surface area contributed by atoms with Crippen LogP contribution in [0.15, 0.2) is 23.1 Å². The molecule has 1 aliphatic rings. The zero-order chi connectivity index (χ0) is 13.2. The molecule has 0 spiro atoms. The Labute approximate surface area is 108 Å². The quantitative estimate of drug-likeness (QED) is 0.824. The van der Waals surface area contributed by atoms with Gasteiger partial charge in [-0.15, -0.1) is 0 Å². The van der Waals surface area contributed by atoms with E-state index in [0.29, 0.717) is 19.7 Å². The van der Waals surface area contributed by atoms with Crippen molar-refractivity contribution in [1.82, 2.24) is 10.0 Å². The lowest BCUT2D eigenvalue weighted by Crippen LogP contribution is -2.56. The fourth-order valence-electron chi connectivity index (χ4n) is 1.77. The van der Waals surface area contributed by atoms with Crippen LogP contribution in [0, 0.1) is 6.92 Å². The molecule has 0 atom stereocenters. The van der Waals surface area contributed by atoms with Gasteiger partial charge >= 0.3 is 0 Å². The van der Waals surface area contributed by atoms with Crippen molar-refractivity contribution < 1.29 is 13.2 Å². The summed E-state index contributed by atoms with van der Waals surface area (Å²) in [6, 6.07) is 4.92. The second-order valence-corrected chi connectivity index (χ2v) is 6.05. The van der Waals surface area contributed by atoms with Gasteiger partial charge in [0.25, 0.3) is 0 Å². The highest BCUT2D eigenvalue weighted by atomic mass is 32.2. The van der Waals surface area contributed by atoms with Gasteiger partial charge in [-0.3, -0.25) is 0 Å². The Kier molecular flexibility index (Phi) is 3.89. The van der Waals surface area contributed by atoms with Crippen LogP contribution < -0.4 is 14.8 Å². The molecule has 0 saturated carbocycles. The molecule has 0 bridgehead atoms. The maximum absolute atomic E-state index is 12.1. The van der Waals surface area contributed by atoms with Gasteiger partial charge in [-0.2, -0.15) is 0 Å². The minimum Gasteiger partial charge on any atom is -0.494 e. The van der Waals surface area contributed by atoms with Crippen LogP contribution in [0.25, 0.3) is 0 Å². The normalized spacial score (nSPS) is 16.3. The third-order valence-corrected chi connectivity index (χ3v) is 4.38. The van der Waals surface area contributed by atoms with E-state index in [2.05, 4.69) is 10.0 Å². The molecule has 1 heterocycles. The second-order valence-electron chi connectivity index (χ2n) is 4.34. The van der Waals surface area contributed by atoms with E-state index in [1.165, 1.54) is 0 Å². The molecule has 0 unspecified atom stereocenters. The van der Waals surface area contributed by atoms with Crippen molar-refractivity contribution in [1.29, 1.82) is 0 Å². The van der Waals surface area contributed by atoms with Crippen molar-refractivity contribution in [2.45, 2.75) is 24.8 Å². The number of benzene rings is 1. The molecule has 1 aliphatic heterocycles. The van der Waals surface area contributed by atoms with E-state index in [0.717, 1.165) is 11.3 Å². The van der Waals surface area contributed by atoms with Crippen molar-refractivity contribution in [2.75, 3.05) is 19.7 Å². The zero-order valence-electron chi connectivity index (χ0n) is 10.6. The van der Waals surface area contributed by atoms with Gasteiger partial charge in [0, 0.05) is 19.1 Å². The van der Waals surface area contributed by atoms with Crippen molar-refractivity contribution >= 4 is 10.0 Å². The average Bonchev–Trinajstić information content (AvgIpc) is 2.27. The Morgan fingerprint density at radius 1 is 1.44 bits per heavy atom. The van der Waals surface area contributed by atoms with Gasteiger partial charge in [-0.1, -0.05) is 0 Å². The summed E-state index contributed by atoms with van der Waals surface area (Å²) in [7, 11) is -3.42. The molecule has 0 aliphatic carbocycles. The van der Waals surface area contributed by atoms with E-state index in [1.807, 2.05) is 13.8 Å². The maximum atomic E-state index is 12.1. The van der Waals surface area contributed by atoms with Gasteiger partial charge in [0.05, 0.1) is 11.5 Å². The number of aryl methyl sites for hydroxylation is 1. The summed E-state index contributed by atoms with van der Waals surface area (Å²) in [6.07, 6.45) is 0. The third kappa shape index (κ3) is 2.82. The summed E-state index contributed by atoms with van der Waals surface area (Å²) in [6.45, 7) is 5.69. The first-order chi connectivity index (χ1) is 8.53. The lowest BCUT2D eigenvalue weighted by molar-refractivity contribution is 0.337. The Morgan fingerprint density at radius 2 is 2.17 bits per heavy atom. The minimum atomic E-state index is -3.42. The molecule has 1 aromatic carbocycles. The summed E-state index contributed by atoms with van der Waals surface area (Å²) in [5.74, 6) is 0.724. The lowest BCUT2D eigenvalue weighted by Gasteiger charge is -2.27. The van der Waals surface area contributed by atoms with Crippen LogP contribution in [-0.2, 0) is 10.0 Å². The minimum absolute atomic E-state index is 0.00174. The van der Waals surface area contributed by atoms with Gasteiger partial charge in [0.1, 0.15) is 5.75 Å². The first-order valence-electron chi connectivity index (χ1n) is 5.99. The molecule has 100 valence electrons.